The molecule has 0 saturated heterocycles. The van der Waals surface area contributed by atoms with Crippen molar-refractivity contribution in [3.8, 4) is 0 Å². The number of nitrogens with zero attached hydrogens (tertiary/aromatic N) is 2. The lowest BCUT2D eigenvalue weighted by atomic mass is 10.1. The zero-order valence-electron chi connectivity index (χ0n) is 9.17. The number of aliphatic hydroxyl groups excluding tert-OH is 1. The Hall–Kier alpha value is -1.87. The van der Waals surface area contributed by atoms with Crippen molar-refractivity contribution in [2.24, 2.45) is 0 Å². The Kier molecular flexibility index (Phi) is 2.88. The number of hydrogen-bond donors (Lipinski definition) is 1. The first-order valence-electron chi connectivity index (χ1n) is 5.12. The number of aryl methyl sites for hydroxylation is 1. The molecule has 0 bridgehead atoms. The number of benzene rings is 1. The molecular weight excluding hydrogens is 200 g/mol. The first kappa shape index (κ1) is 10.6. The molecule has 3 heteroatoms. The van der Waals surface area contributed by atoms with E-state index in [0.29, 0.717) is 5.82 Å². The van der Waals surface area contributed by atoms with Crippen LogP contribution in [0.5, 0.6) is 0 Å². The third-order valence-corrected chi connectivity index (χ3v) is 2.53. The van der Waals surface area contributed by atoms with Crippen molar-refractivity contribution < 1.29 is 5.11 Å². The molecule has 2 rings (SSSR count). The molecule has 1 aromatic carbocycles. The van der Waals surface area contributed by atoms with E-state index in [2.05, 4.69) is 11.6 Å². The van der Waals surface area contributed by atoms with E-state index in [1.165, 1.54) is 5.56 Å². The molecule has 0 fully saturated rings. The van der Waals surface area contributed by atoms with Crippen LogP contribution in [-0.4, -0.2) is 14.7 Å². The van der Waals surface area contributed by atoms with Gasteiger partial charge in [-0.15, -0.1) is 0 Å². The summed E-state index contributed by atoms with van der Waals surface area (Å²) in [7, 11) is 0. The smallest absolute Gasteiger partial charge is 0.146 e. The number of imidazole rings is 1. The van der Waals surface area contributed by atoms with Crippen LogP contribution in [0, 0.1) is 6.92 Å². The molecular formula is C13H14N2O. The monoisotopic (exact) mass is 214 g/mol. The van der Waals surface area contributed by atoms with Crippen molar-refractivity contribution in [2.75, 3.05) is 0 Å². The van der Waals surface area contributed by atoms with Crippen molar-refractivity contribution in [3.63, 3.8) is 0 Å². The average Bonchev–Trinajstić information content (AvgIpc) is 2.77. The number of hydrogen-bond acceptors (Lipinski definition) is 2. The van der Waals surface area contributed by atoms with Crippen molar-refractivity contribution >= 4 is 6.20 Å². The molecule has 0 radical (unpaired) electrons. The summed E-state index contributed by atoms with van der Waals surface area (Å²) in [5.74, 6) is 0.582. The van der Waals surface area contributed by atoms with Crippen LogP contribution in [0.3, 0.4) is 0 Å². The Morgan fingerprint density at radius 1 is 1.38 bits per heavy atom. The van der Waals surface area contributed by atoms with Crippen LogP contribution in [-0.2, 0) is 0 Å². The molecule has 1 N–H and O–H groups in total. The second-order valence-corrected chi connectivity index (χ2v) is 3.69. The highest BCUT2D eigenvalue weighted by Gasteiger charge is 2.14. The largest absolute Gasteiger partial charge is 0.380 e. The lowest BCUT2D eigenvalue weighted by Gasteiger charge is -2.11. The van der Waals surface area contributed by atoms with Gasteiger partial charge in [-0.3, -0.25) is 0 Å². The predicted octanol–water partition coefficient (Wildman–Crippen LogP) is 2.37. The minimum Gasteiger partial charge on any atom is -0.380 e. The van der Waals surface area contributed by atoms with Gasteiger partial charge in [0.15, 0.2) is 0 Å². The van der Waals surface area contributed by atoms with E-state index < -0.39 is 6.10 Å². The fraction of sp³-hybridized carbons (Fsp3) is 0.154. The maximum atomic E-state index is 10.2. The first-order chi connectivity index (χ1) is 7.72. The Morgan fingerprint density at radius 2 is 2.06 bits per heavy atom. The van der Waals surface area contributed by atoms with Crippen LogP contribution in [0.4, 0.5) is 0 Å². The average molecular weight is 214 g/mol. The fourth-order valence-corrected chi connectivity index (χ4v) is 1.59. The second-order valence-electron chi connectivity index (χ2n) is 3.69. The summed E-state index contributed by atoms with van der Waals surface area (Å²) in [4.78, 5) is 4.13. The molecule has 0 saturated carbocycles. The molecule has 82 valence electrons. The summed E-state index contributed by atoms with van der Waals surface area (Å²) in [6.45, 7) is 5.68. The fourth-order valence-electron chi connectivity index (χ4n) is 1.59. The van der Waals surface area contributed by atoms with E-state index in [4.69, 9.17) is 0 Å². The highest BCUT2D eigenvalue weighted by molar-refractivity contribution is 5.30. The van der Waals surface area contributed by atoms with E-state index in [9.17, 15) is 5.11 Å². The van der Waals surface area contributed by atoms with E-state index in [1.807, 2.05) is 31.2 Å². The van der Waals surface area contributed by atoms with Gasteiger partial charge in [-0.25, -0.2) is 4.98 Å². The number of aromatic nitrogens is 2. The molecule has 0 aliphatic rings. The summed E-state index contributed by atoms with van der Waals surface area (Å²) in [5, 5.41) is 10.2. The summed E-state index contributed by atoms with van der Waals surface area (Å²) in [6, 6.07) is 7.75. The minimum absolute atomic E-state index is 0.582. The third-order valence-electron chi connectivity index (χ3n) is 2.53. The SMILES string of the molecule is C=Cn1ccnc1[C@@H](O)c1ccc(C)cc1. The van der Waals surface area contributed by atoms with Crippen molar-refractivity contribution in [1.82, 2.24) is 9.55 Å². The van der Waals surface area contributed by atoms with Gasteiger partial charge < -0.3 is 9.67 Å². The quantitative estimate of drug-likeness (QED) is 0.851. The molecule has 0 spiro atoms. The number of aliphatic hydroxyl groups is 1. The van der Waals surface area contributed by atoms with Crippen molar-refractivity contribution in [2.45, 2.75) is 13.0 Å². The molecule has 3 nitrogen and oxygen atoms in total. The highest BCUT2D eigenvalue weighted by Crippen LogP contribution is 2.20. The highest BCUT2D eigenvalue weighted by atomic mass is 16.3. The second kappa shape index (κ2) is 4.33. The summed E-state index contributed by atoms with van der Waals surface area (Å²) >= 11 is 0. The van der Waals surface area contributed by atoms with Crippen LogP contribution in [0.1, 0.15) is 23.1 Å². The van der Waals surface area contributed by atoms with Gasteiger partial charge in [0, 0.05) is 18.6 Å². The van der Waals surface area contributed by atoms with Crippen LogP contribution in [0.25, 0.3) is 6.20 Å². The van der Waals surface area contributed by atoms with Crippen LogP contribution in [0.15, 0.2) is 43.2 Å². The van der Waals surface area contributed by atoms with E-state index in [-0.39, 0.29) is 0 Å². The lowest BCUT2D eigenvalue weighted by molar-refractivity contribution is 0.208. The zero-order valence-corrected chi connectivity index (χ0v) is 9.17. The summed E-state index contributed by atoms with van der Waals surface area (Å²) in [6.07, 6.45) is 4.32. The van der Waals surface area contributed by atoms with E-state index >= 15 is 0 Å². The minimum atomic E-state index is -0.714. The standard InChI is InChI=1S/C13H14N2O/c1-3-15-9-8-14-13(15)12(16)11-6-4-10(2)5-7-11/h3-9,12,16H,1H2,2H3/t12-/m0/s1. The molecule has 16 heavy (non-hydrogen) atoms. The number of rotatable bonds is 3. The maximum absolute atomic E-state index is 10.2. The summed E-state index contributed by atoms with van der Waals surface area (Å²) < 4.78 is 1.71. The molecule has 1 aromatic heterocycles. The Balaban J connectivity index is 2.35. The first-order valence-corrected chi connectivity index (χ1v) is 5.12. The molecule has 1 heterocycles. The topological polar surface area (TPSA) is 38.0 Å². The van der Waals surface area contributed by atoms with Gasteiger partial charge >= 0.3 is 0 Å². The van der Waals surface area contributed by atoms with Crippen molar-refractivity contribution in [3.05, 3.63) is 60.2 Å². The molecule has 1 atom stereocenters. The van der Waals surface area contributed by atoms with Gasteiger partial charge in [-0.05, 0) is 12.5 Å². The van der Waals surface area contributed by atoms with Crippen LogP contribution < -0.4 is 0 Å². The normalized spacial score (nSPS) is 12.4. The van der Waals surface area contributed by atoms with Gasteiger partial charge in [0.05, 0.1) is 0 Å². The Bertz CT molecular complexity index is 485. The van der Waals surface area contributed by atoms with E-state index in [0.717, 1.165) is 5.56 Å². The van der Waals surface area contributed by atoms with Gasteiger partial charge in [-0.2, -0.15) is 0 Å². The molecule has 0 aliphatic heterocycles. The molecule has 0 unspecified atom stereocenters. The van der Waals surface area contributed by atoms with Gasteiger partial charge in [0.2, 0.25) is 0 Å². The third kappa shape index (κ3) is 1.90. The maximum Gasteiger partial charge on any atom is 0.146 e. The molecule has 0 amide bonds. The van der Waals surface area contributed by atoms with Gasteiger partial charge in [0.1, 0.15) is 11.9 Å². The Labute approximate surface area is 94.7 Å². The van der Waals surface area contributed by atoms with Crippen molar-refractivity contribution in [1.29, 1.82) is 0 Å². The lowest BCUT2D eigenvalue weighted by Crippen LogP contribution is -2.06. The molecule has 2 aromatic rings. The van der Waals surface area contributed by atoms with Gasteiger partial charge in [0.25, 0.3) is 0 Å². The predicted molar refractivity (Wildman–Crippen MR) is 63.9 cm³/mol. The van der Waals surface area contributed by atoms with Crippen LogP contribution in [0.2, 0.25) is 0 Å². The van der Waals surface area contributed by atoms with Crippen LogP contribution >= 0.6 is 0 Å². The molecule has 0 aliphatic carbocycles. The summed E-state index contributed by atoms with van der Waals surface area (Å²) in [5.41, 5.74) is 2.00. The Morgan fingerprint density at radius 3 is 2.69 bits per heavy atom. The van der Waals surface area contributed by atoms with Gasteiger partial charge in [-0.1, -0.05) is 36.4 Å². The van der Waals surface area contributed by atoms with E-state index in [1.54, 1.807) is 23.2 Å². The zero-order chi connectivity index (χ0) is 11.5.